The predicted molar refractivity (Wildman–Crippen MR) is 144 cm³/mol. The molecule has 2 aromatic carbocycles. The van der Waals surface area contributed by atoms with Crippen molar-refractivity contribution in [2.24, 2.45) is 4.99 Å². The normalized spacial score (nSPS) is 12.5. The van der Waals surface area contributed by atoms with Crippen LogP contribution in [0.25, 0.3) is 0 Å². The fraction of sp³-hybridized carbons (Fsp3) is 0.208. The average Bonchev–Trinajstić information content (AvgIpc) is 3.52. The first-order chi connectivity index (χ1) is 17.3. The van der Waals surface area contributed by atoms with Crippen LogP contribution in [0.5, 0.6) is 5.75 Å². The van der Waals surface area contributed by atoms with E-state index in [1.807, 2.05) is 11.9 Å². The molecule has 0 bridgehead atoms. The number of methoxy groups -OCH3 is 1. The van der Waals surface area contributed by atoms with E-state index >= 15 is 0 Å². The smallest absolute Gasteiger partial charge is 0.287 e. The van der Waals surface area contributed by atoms with Crippen LogP contribution in [0, 0.1) is 0 Å². The molecule has 0 unspecified atom stereocenters. The van der Waals surface area contributed by atoms with Gasteiger partial charge in [-0.3, -0.25) is 9.59 Å². The Morgan fingerprint density at radius 2 is 1.86 bits per heavy atom. The molecule has 0 spiro atoms. The maximum absolute atomic E-state index is 13.2. The lowest BCUT2D eigenvalue weighted by atomic mass is 10.1. The summed E-state index contributed by atoms with van der Waals surface area (Å²) in [4.78, 5) is 32.7. The molecule has 188 valence electrons. The van der Waals surface area contributed by atoms with Crippen LogP contribution in [-0.4, -0.2) is 50.0 Å². The van der Waals surface area contributed by atoms with Crippen LogP contribution in [0.4, 0.5) is 11.4 Å². The number of hydrogen-bond donors (Lipinski definition) is 2. The van der Waals surface area contributed by atoms with Gasteiger partial charge in [0, 0.05) is 41.0 Å². The first-order valence-electron chi connectivity index (χ1n) is 10.7. The molecule has 12 heteroatoms. The number of benzene rings is 2. The van der Waals surface area contributed by atoms with E-state index in [2.05, 4.69) is 15.6 Å². The van der Waals surface area contributed by atoms with Crippen molar-refractivity contribution in [1.82, 2.24) is 4.90 Å². The molecule has 0 saturated carbocycles. The highest BCUT2D eigenvalue weighted by Crippen LogP contribution is 2.35. The second-order valence-electron chi connectivity index (χ2n) is 7.72. The summed E-state index contributed by atoms with van der Waals surface area (Å²) in [5, 5.41) is 8.45. The van der Waals surface area contributed by atoms with Crippen LogP contribution in [-0.2, 0) is 11.3 Å². The van der Waals surface area contributed by atoms with E-state index in [-0.39, 0.29) is 26.9 Å². The number of nitrogens with zero attached hydrogens (tertiary/aromatic N) is 2. The highest BCUT2D eigenvalue weighted by molar-refractivity contribution is 7.13. The number of carbonyl (C=O) groups is 2. The third kappa shape index (κ3) is 5.87. The largest absolute Gasteiger partial charge is 0.494 e. The minimum Gasteiger partial charge on any atom is -0.494 e. The maximum Gasteiger partial charge on any atom is 0.287 e. The molecule has 3 aromatic rings. The third-order valence-corrected chi connectivity index (χ3v) is 7.22. The zero-order valence-electron chi connectivity index (χ0n) is 19.2. The van der Waals surface area contributed by atoms with Crippen molar-refractivity contribution in [2.45, 2.75) is 6.54 Å². The molecule has 0 fully saturated rings. The highest BCUT2D eigenvalue weighted by atomic mass is 35.5. The number of rotatable bonds is 7. The van der Waals surface area contributed by atoms with Crippen molar-refractivity contribution in [1.29, 1.82) is 0 Å². The van der Waals surface area contributed by atoms with Crippen molar-refractivity contribution in [3.63, 3.8) is 0 Å². The van der Waals surface area contributed by atoms with E-state index in [1.165, 1.54) is 30.6 Å². The molecule has 1 aliphatic heterocycles. The summed E-state index contributed by atoms with van der Waals surface area (Å²) in [6.45, 7) is 1.57. The SMILES string of the molecule is COc1cc(Cl)cc(C(=O)Nc2ccc(Cl)cc2)c1NC(=O)c1scc(CN(C)C2=NCCO2)c1Cl. The van der Waals surface area contributed by atoms with Crippen LogP contribution >= 0.6 is 46.1 Å². The van der Waals surface area contributed by atoms with Gasteiger partial charge in [0.15, 0.2) is 0 Å². The second-order valence-corrected chi connectivity index (χ2v) is 9.85. The van der Waals surface area contributed by atoms with E-state index in [0.29, 0.717) is 41.5 Å². The number of amidine groups is 1. The van der Waals surface area contributed by atoms with E-state index < -0.39 is 11.8 Å². The highest BCUT2D eigenvalue weighted by Gasteiger charge is 2.24. The quantitative estimate of drug-likeness (QED) is 0.363. The van der Waals surface area contributed by atoms with Gasteiger partial charge in [0.2, 0.25) is 0 Å². The Balaban J connectivity index is 1.58. The van der Waals surface area contributed by atoms with Crippen LogP contribution in [0.3, 0.4) is 0 Å². The zero-order valence-corrected chi connectivity index (χ0v) is 22.3. The molecule has 0 aliphatic carbocycles. The van der Waals surface area contributed by atoms with Gasteiger partial charge in [-0.1, -0.05) is 34.8 Å². The summed E-state index contributed by atoms with van der Waals surface area (Å²) in [6, 6.07) is 10.1. The fourth-order valence-electron chi connectivity index (χ4n) is 3.47. The Morgan fingerprint density at radius 3 is 2.53 bits per heavy atom. The summed E-state index contributed by atoms with van der Waals surface area (Å²) < 4.78 is 10.9. The van der Waals surface area contributed by atoms with E-state index in [9.17, 15) is 9.59 Å². The lowest BCUT2D eigenvalue weighted by Gasteiger charge is -2.17. The van der Waals surface area contributed by atoms with Crippen LogP contribution in [0.1, 0.15) is 25.6 Å². The standard InChI is InChI=1S/C24H21Cl3N4O4S/c1-31(24-28-7-8-35-24)11-13-12-36-21(19(13)27)23(33)30-20-17(9-15(26)10-18(20)34-2)22(32)29-16-5-3-14(25)4-6-16/h3-6,9-10,12H,7-8,11H2,1-2H3,(H,29,32)(H,30,33). The molecule has 4 rings (SSSR count). The first kappa shape index (κ1) is 26.1. The lowest BCUT2D eigenvalue weighted by molar-refractivity contribution is 0.102. The molecule has 1 aromatic heterocycles. The molecule has 36 heavy (non-hydrogen) atoms. The van der Waals surface area contributed by atoms with Gasteiger partial charge in [0.05, 0.1) is 29.9 Å². The molecular weight excluding hydrogens is 547 g/mol. The van der Waals surface area contributed by atoms with Crippen molar-refractivity contribution in [2.75, 3.05) is 37.9 Å². The Bertz CT molecular complexity index is 1330. The van der Waals surface area contributed by atoms with Gasteiger partial charge >= 0.3 is 0 Å². The topological polar surface area (TPSA) is 92.3 Å². The molecule has 2 amide bonds. The molecule has 8 nitrogen and oxygen atoms in total. The minimum absolute atomic E-state index is 0.117. The summed E-state index contributed by atoms with van der Waals surface area (Å²) in [5.74, 6) is -0.763. The Labute approximate surface area is 226 Å². The Kier molecular flexibility index (Phi) is 8.25. The Hall–Kier alpha value is -2.98. The van der Waals surface area contributed by atoms with Gasteiger partial charge in [0.25, 0.3) is 17.8 Å². The van der Waals surface area contributed by atoms with Gasteiger partial charge in [0.1, 0.15) is 17.2 Å². The van der Waals surface area contributed by atoms with E-state index in [4.69, 9.17) is 44.3 Å². The number of ether oxygens (including phenoxy) is 2. The van der Waals surface area contributed by atoms with Gasteiger partial charge in [-0.25, -0.2) is 4.99 Å². The number of thiophene rings is 1. The number of carbonyl (C=O) groups excluding carboxylic acids is 2. The molecule has 0 radical (unpaired) electrons. The fourth-order valence-corrected chi connectivity index (χ4v) is 5.05. The van der Waals surface area contributed by atoms with Crippen LogP contribution < -0.4 is 15.4 Å². The minimum atomic E-state index is -0.495. The number of halogens is 3. The third-order valence-electron chi connectivity index (χ3n) is 5.18. The van der Waals surface area contributed by atoms with Gasteiger partial charge in [-0.05, 0) is 35.7 Å². The summed E-state index contributed by atoms with van der Waals surface area (Å²) in [6.07, 6.45) is 0. The van der Waals surface area contributed by atoms with E-state index in [1.54, 1.807) is 29.6 Å². The maximum atomic E-state index is 13.2. The summed E-state index contributed by atoms with van der Waals surface area (Å²) >= 11 is 19.9. The molecular formula is C24H21Cl3N4O4S. The molecule has 2 heterocycles. The van der Waals surface area contributed by atoms with Crippen molar-refractivity contribution >= 4 is 75.4 Å². The first-order valence-corrected chi connectivity index (χ1v) is 12.7. The van der Waals surface area contributed by atoms with Crippen molar-refractivity contribution in [3.05, 3.63) is 72.9 Å². The number of aliphatic imine (C=N–C) groups is 1. The molecule has 0 saturated heterocycles. The number of nitrogens with one attached hydrogen (secondary N) is 2. The number of amides is 2. The lowest BCUT2D eigenvalue weighted by Crippen LogP contribution is -2.26. The Morgan fingerprint density at radius 1 is 1.11 bits per heavy atom. The van der Waals surface area contributed by atoms with Gasteiger partial charge < -0.3 is 25.0 Å². The van der Waals surface area contributed by atoms with Gasteiger partial charge in [-0.15, -0.1) is 11.3 Å². The number of hydrogen-bond acceptors (Lipinski definition) is 7. The molecule has 2 N–H and O–H groups in total. The monoisotopic (exact) mass is 566 g/mol. The predicted octanol–water partition coefficient (Wildman–Crippen LogP) is 6.04. The van der Waals surface area contributed by atoms with Crippen LogP contribution in [0.15, 0.2) is 46.8 Å². The molecule has 1 aliphatic rings. The second kappa shape index (κ2) is 11.4. The van der Waals surface area contributed by atoms with Gasteiger partial charge in [-0.2, -0.15) is 0 Å². The average molecular weight is 568 g/mol. The van der Waals surface area contributed by atoms with Crippen molar-refractivity contribution < 1.29 is 19.1 Å². The van der Waals surface area contributed by atoms with Crippen molar-refractivity contribution in [3.8, 4) is 5.75 Å². The number of anilines is 2. The zero-order chi connectivity index (χ0) is 25.8. The summed E-state index contributed by atoms with van der Waals surface area (Å²) in [7, 11) is 3.25. The van der Waals surface area contributed by atoms with Crippen LogP contribution in [0.2, 0.25) is 15.1 Å². The summed E-state index contributed by atoms with van der Waals surface area (Å²) in [5.41, 5.74) is 1.55. The molecule has 0 atom stereocenters. The van der Waals surface area contributed by atoms with E-state index in [0.717, 1.165) is 5.56 Å².